The van der Waals surface area contributed by atoms with Gasteiger partial charge in [0.2, 0.25) is 5.78 Å². The van der Waals surface area contributed by atoms with Crippen molar-refractivity contribution in [3.8, 4) is 11.1 Å². The van der Waals surface area contributed by atoms with Gasteiger partial charge in [-0.25, -0.2) is 4.39 Å². The van der Waals surface area contributed by atoms with Crippen molar-refractivity contribution in [2.75, 3.05) is 0 Å². The van der Waals surface area contributed by atoms with Crippen LogP contribution in [-0.2, 0) is 0 Å². The summed E-state index contributed by atoms with van der Waals surface area (Å²) in [6.45, 7) is 0. The minimum absolute atomic E-state index is 0.0252. The van der Waals surface area contributed by atoms with E-state index in [-0.39, 0.29) is 5.56 Å². The third-order valence-electron chi connectivity index (χ3n) is 2.57. The molecule has 0 bridgehead atoms. The largest absolute Gasteiger partial charge is 0.289 e. The second-order valence-electron chi connectivity index (χ2n) is 3.89. The number of halogens is 4. The van der Waals surface area contributed by atoms with Crippen molar-refractivity contribution in [3.05, 3.63) is 59.9 Å². The van der Waals surface area contributed by atoms with Crippen LogP contribution in [0.25, 0.3) is 11.1 Å². The van der Waals surface area contributed by atoms with Crippen molar-refractivity contribution >= 4 is 40.6 Å². The Balaban J connectivity index is 2.41. The highest BCUT2D eigenvalue weighted by atomic mass is 35.6. The van der Waals surface area contributed by atoms with Gasteiger partial charge in [0.05, 0.1) is 0 Å². The van der Waals surface area contributed by atoms with E-state index in [0.717, 1.165) is 6.07 Å². The molecule has 0 aliphatic heterocycles. The van der Waals surface area contributed by atoms with Crippen molar-refractivity contribution in [2.45, 2.75) is 3.79 Å². The lowest BCUT2D eigenvalue weighted by molar-refractivity contribution is 0.0996. The Kier molecular flexibility index (Phi) is 4.14. The fraction of sp³-hybridized carbons (Fsp3) is 0.0714. The van der Waals surface area contributed by atoms with Crippen molar-refractivity contribution in [1.82, 2.24) is 0 Å². The second-order valence-corrected chi connectivity index (χ2v) is 6.17. The van der Waals surface area contributed by atoms with E-state index in [0.29, 0.717) is 11.1 Å². The number of hydrogen-bond donors (Lipinski definition) is 0. The van der Waals surface area contributed by atoms with Crippen LogP contribution in [0.15, 0.2) is 48.5 Å². The van der Waals surface area contributed by atoms with Crippen LogP contribution in [0.5, 0.6) is 0 Å². The highest BCUT2D eigenvalue weighted by Crippen LogP contribution is 2.32. The molecule has 2 aromatic carbocycles. The van der Waals surface area contributed by atoms with Crippen LogP contribution >= 0.6 is 34.8 Å². The molecule has 0 N–H and O–H groups in total. The molecule has 0 aliphatic carbocycles. The Labute approximate surface area is 124 Å². The molecule has 0 aliphatic rings. The summed E-state index contributed by atoms with van der Waals surface area (Å²) in [6, 6.07) is 13.0. The Hall–Kier alpha value is -1.09. The van der Waals surface area contributed by atoms with Crippen molar-refractivity contribution in [1.29, 1.82) is 0 Å². The average molecular weight is 318 g/mol. The van der Waals surface area contributed by atoms with Gasteiger partial charge in [0.15, 0.2) is 0 Å². The monoisotopic (exact) mass is 316 g/mol. The first-order chi connectivity index (χ1) is 8.89. The van der Waals surface area contributed by atoms with Crippen LogP contribution in [0, 0.1) is 5.82 Å². The van der Waals surface area contributed by atoms with Crippen LogP contribution in [0.2, 0.25) is 0 Å². The molecule has 2 aromatic rings. The number of benzene rings is 2. The quantitative estimate of drug-likeness (QED) is 0.560. The van der Waals surface area contributed by atoms with Crippen LogP contribution < -0.4 is 0 Å². The first kappa shape index (κ1) is 14.3. The van der Waals surface area contributed by atoms with E-state index in [9.17, 15) is 9.18 Å². The normalized spacial score (nSPS) is 11.4. The topological polar surface area (TPSA) is 17.1 Å². The van der Waals surface area contributed by atoms with Gasteiger partial charge in [-0.05, 0) is 11.6 Å². The predicted molar refractivity (Wildman–Crippen MR) is 76.5 cm³/mol. The Morgan fingerprint density at radius 1 is 1.00 bits per heavy atom. The first-order valence-electron chi connectivity index (χ1n) is 5.36. The molecular formula is C14H8Cl3FO. The third-order valence-corrected chi connectivity index (χ3v) is 3.09. The molecule has 0 heterocycles. The van der Waals surface area contributed by atoms with Gasteiger partial charge in [-0.2, -0.15) is 0 Å². The van der Waals surface area contributed by atoms with E-state index in [2.05, 4.69) is 0 Å². The Morgan fingerprint density at radius 2 is 1.63 bits per heavy atom. The number of ketones is 1. The van der Waals surface area contributed by atoms with E-state index in [4.69, 9.17) is 34.8 Å². The SMILES string of the molecule is O=C(c1ccc(-c2ccccc2)c(F)c1)C(Cl)(Cl)Cl. The van der Waals surface area contributed by atoms with Gasteiger partial charge >= 0.3 is 0 Å². The maximum absolute atomic E-state index is 14.0. The predicted octanol–water partition coefficient (Wildman–Crippen LogP) is 5.05. The molecule has 0 aromatic heterocycles. The summed E-state index contributed by atoms with van der Waals surface area (Å²) in [4.78, 5) is 11.7. The molecule has 0 atom stereocenters. The Bertz CT molecular complexity index is 606. The second kappa shape index (κ2) is 5.49. The zero-order valence-corrected chi connectivity index (χ0v) is 11.8. The van der Waals surface area contributed by atoms with E-state index in [1.54, 1.807) is 24.3 Å². The Morgan fingerprint density at radius 3 is 2.16 bits per heavy atom. The maximum Gasteiger partial charge on any atom is 0.253 e. The van der Waals surface area contributed by atoms with Crippen molar-refractivity contribution in [2.24, 2.45) is 0 Å². The molecule has 0 radical (unpaired) electrons. The summed E-state index contributed by atoms with van der Waals surface area (Å²) in [5.41, 5.74) is 1.13. The lowest BCUT2D eigenvalue weighted by atomic mass is 10.0. The zero-order chi connectivity index (χ0) is 14.0. The first-order valence-corrected chi connectivity index (χ1v) is 6.49. The molecule has 0 unspecified atom stereocenters. The van der Waals surface area contributed by atoms with E-state index in [1.165, 1.54) is 12.1 Å². The zero-order valence-electron chi connectivity index (χ0n) is 9.54. The lowest BCUT2D eigenvalue weighted by Crippen LogP contribution is -2.19. The van der Waals surface area contributed by atoms with Crippen LogP contribution in [0.1, 0.15) is 10.4 Å². The minimum atomic E-state index is -2.08. The summed E-state index contributed by atoms with van der Waals surface area (Å²) in [6.07, 6.45) is 0. The summed E-state index contributed by atoms with van der Waals surface area (Å²) >= 11 is 16.5. The van der Waals surface area contributed by atoms with Gasteiger partial charge in [0, 0.05) is 11.1 Å². The van der Waals surface area contributed by atoms with Gasteiger partial charge in [-0.1, -0.05) is 77.3 Å². The van der Waals surface area contributed by atoms with Crippen molar-refractivity contribution < 1.29 is 9.18 Å². The molecule has 19 heavy (non-hydrogen) atoms. The fourth-order valence-corrected chi connectivity index (χ4v) is 2.00. The molecule has 0 saturated carbocycles. The average Bonchev–Trinajstić information content (AvgIpc) is 2.37. The molecule has 0 fully saturated rings. The number of carbonyl (C=O) groups excluding carboxylic acids is 1. The van der Waals surface area contributed by atoms with Crippen LogP contribution in [0.3, 0.4) is 0 Å². The summed E-state index contributed by atoms with van der Waals surface area (Å²) in [7, 11) is 0. The van der Waals surface area contributed by atoms with E-state index >= 15 is 0 Å². The number of alkyl halides is 3. The number of rotatable bonds is 2. The van der Waals surface area contributed by atoms with E-state index < -0.39 is 15.4 Å². The van der Waals surface area contributed by atoms with Gasteiger partial charge in [-0.3, -0.25) is 4.79 Å². The lowest BCUT2D eigenvalue weighted by Gasteiger charge is -2.10. The molecule has 1 nitrogen and oxygen atoms in total. The molecule has 2 rings (SSSR count). The van der Waals surface area contributed by atoms with Gasteiger partial charge in [-0.15, -0.1) is 0 Å². The molecule has 5 heteroatoms. The number of Topliss-reactive ketones (excluding diaryl/α,β-unsaturated/α-hetero) is 1. The minimum Gasteiger partial charge on any atom is -0.289 e. The van der Waals surface area contributed by atoms with Gasteiger partial charge < -0.3 is 0 Å². The molecular weight excluding hydrogens is 310 g/mol. The summed E-state index contributed by atoms with van der Waals surface area (Å²) < 4.78 is 11.9. The highest BCUT2D eigenvalue weighted by Gasteiger charge is 2.32. The van der Waals surface area contributed by atoms with Gasteiger partial charge in [0.25, 0.3) is 3.79 Å². The fourth-order valence-electron chi connectivity index (χ4n) is 1.67. The molecule has 0 amide bonds. The molecule has 0 spiro atoms. The molecule has 0 saturated heterocycles. The van der Waals surface area contributed by atoms with Gasteiger partial charge in [0.1, 0.15) is 5.82 Å². The smallest absolute Gasteiger partial charge is 0.253 e. The standard InChI is InChI=1S/C14H8Cl3FO/c15-14(16,17)13(19)10-6-7-11(12(18)8-10)9-4-2-1-3-5-9/h1-8H. The number of hydrogen-bond acceptors (Lipinski definition) is 1. The maximum atomic E-state index is 14.0. The summed E-state index contributed by atoms with van der Waals surface area (Å²) in [5, 5.41) is 0. The molecule has 98 valence electrons. The van der Waals surface area contributed by atoms with Crippen molar-refractivity contribution in [3.63, 3.8) is 0 Å². The van der Waals surface area contributed by atoms with Crippen LogP contribution in [0.4, 0.5) is 4.39 Å². The number of carbonyl (C=O) groups is 1. The van der Waals surface area contributed by atoms with Crippen LogP contribution in [-0.4, -0.2) is 9.58 Å². The highest BCUT2D eigenvalue weighted by molar-refractivity contribution is 6.77. The third kappa shape index (κ3) is 3.27. The van der Waals surface area contributed by atoms with E-state index in [1.807, 2.05) is 6.07 Å². The summed E-state index contributed by atoms with van der Waals surface area (Å²) in [5.74, 6) is -1.29.